The summed E-state index contributed by atoms with van der Waals surface area (Å²) in [4.78, 5) is 24.0. The fourth-order valence-corrected chi connectivity index (χ4v) is 3.26. The summed E-state index contributed by atoms with van der Waals surface area (Å²) < 4.78 is 13.8. The second-order valence-corrected chi connectivity index (χ2v) is 6.31. The van der Waals surface area contributed by atoms with Crippen LogP contribution in [0.5, 0.6) is 0 Å². The van der Waals surface area contributed by atoms with Crippen molar-refractivity contribution in [2.45, 2.75) is 6.54 Å². The number of pyridine rings is 1. The molecule has 3 aromatic rings. The molecule has 2 aromatic heterocycles. The van der Waals surface area contributed by atoms with E-state index in [-0.39, 0.29) is 11.7 Å². The fourth-order valence-electron chi connectivity index (χ4n) is 3.26. The number of nitrogens with zero attached hydrogens (tertiary/aromatic N) is 3. The minimum absolute atomic E-state index is 0.0726. The Labute approximate surface area is 145 Å². The highest BCUT2D eigenvalue weighted by atomic mass is 19.1. The van der Waals surface area contributed by atoms with Gasteiger partial charge in [-0.3, -0.25) is 14.7 Å². The van der Waals surface area contributed by atoms with Crippen LogP contribution in [0.2, 0.25) is 0 Å². The Kier molecular flexibility index (Phi) is 4.19. The molecule has 1 fully saturated rings. The summed E-state index contributed by atoms with van der Waals surface area (Å²) in [5, 5.41) is 0.459. The molecule has 0 aliphatic carbocycles. The van der Waals surface area contributed by atoms with Crippen LogP contribution in [0.25, 0.3) is 10.9 Å². The van der Waals surface area contributed by atoms with Crippen molar-refractivity contribution in [2.75, 3.05) is 26.2 Å². The molecule has 1 saturated heterocycles. The molecule has 1 N–H and O–H groups in total. The monoisotopic (exact) mass is 338 g/mol. The quantitative estimate of drug-likeness (QED) is 0.799. The van der Waals surface area contributed by atoms with E-state index in [1.54, 1.807) is 24.4 Å². The summed E-state index contributed by atoms with van der Waals surface area (Å²) in [7, 11) is 0. The summed E-state index contributed by atoms with van der Waals surface area (Å²) >= 11 is 0. The zero-order chi connectivity index (χ0) is 17.2. The van der Waals surface area contributed by atoms with Gasteiger partial charge in [-0.2, -0.15) is 0 Å². The van der Waals surface area contributed by atoms with Crippen LogP contribution in [0.1, 0.15) is 16.1 Å². The van der Waals surface area contributed by atoms with Gasteiger partial charge in [-0.1, -0.05) is 12.1 Å². The lowest BCUT2D eigenvalue weighted by atomic mass is 10.2. The molecule has 4 rings (SSSR count). The number of rotatable bonds is 3. The van der Waals surface area contributed by atoms with Crippen molar-refractivity contribution >= 4 is 16.8 Å². The predicted molar refractivity (Wildman–Crippen MR) is 93.7 cm³/mol. The first kappa shape index (κ1) is 15.8. The van der Waals surface area contributed by atoms with Gasteiger partial charge in [0, 0.05) is 56.0 Å². The maximum Gasteiger partial charge on any atom is 0.270 e. The molecule has 0 radical (unpaired) electrons. The zero-order valence-corrected chi connectivity index (χ0v) is 13.8. The highest BCUT2D eigenvalue weighted by Crippen LogP contribution is 2.20. The number of halogens is 1. The Bertz CT molecular complexity index is 885. The number of amides is 1. The zero-order valence-electron chi connectivity index (χ0n) is 13.8. The van der Waals surface area contributed by atoms with Crippen LogP contribution in [0, 0.1) is 5.82 Å². The van der Waals surface area contributed by atoms with Gasteiger partial charge < -0.3 is 9.88 Å². The summed E-state index contributed by atoms with van der Waals surface area (Å²) in [6, 6.07) is 10.4. The Morgan fingerprint density at radius 2 is 2.00 bits per heavy atom. The van der Waals surface area contributed by atoms with E-state index in [9.17, 15) is 9.18 Å². The van der Waals surface area contributed by atoms with Crippen LogP contribution in [-0.2, 0) is 6.54 Å². The normalized spacial score (nSPS) is 15.6. The SMILES string of the molecule is O=C(c1cc2c(F)cccc2[nH]1)N1CCN(Cc2cccnc2)CC1. The van der Waals surface area contributed by atoms with Crippen LogP contribution in [0.4, 0.5) is 4.39 Å². The van der Waals surface area contributed by atoms with E-state index in [2.05, 4.69) is 20.9 Å². The van der Waals surface area contributed by atoms with Crippen molar-refractivity contribution in [3.63, 3.8) is 0 Å². The molecule has 128 valence electrons. The average molecular weight is 338 g/mol. The average Bonchev–Trinajstić information content (AvgIpc) is 3.08. The van der Waals surface area contributed by atoms with Gasteiger partial charge in [0.2, 0.25) is 0 Å². The summed E-state index contributed by atoms with van der Waals surface area (Å²) in [6.45, 7) is 3.80. The topological polar surface area (TPSA) is 52.2 Å². The number of aromatic nitrogens is 2. The van der Waals surface area contributed by atoms with Gasteiger partial charge in [0.1, 0.15) is 11.5 Å². The van der Waals surface area contributed by atoms with Crippen molar-refractivity contribution in [1.29, 1.82) is 0 Å². The van der Waals surface area contributed by atoms with Gasteiger partial charge in [0.25, 0.3) is 5.91 Å². The summed E-state index contributed by atoms with van der Waals surface area (Å²) in [5.41, 5.74) is 2.27. The summed E-state index contributed by atoms with van der Waals surface area (Å²) in [6.07, 6.45) is 3.64. The van der Waals surface area contributed by atoms with Gasteiger partial charge in [-0.05, 0) is 29.8 Å². The van der Waals surface area contributed by atoms with Crippen LogP contribution >= 0.6 is 0 Å². The van der Waals surface area contributed by atoms with Crippen LogP contribution < -0.4 is 0 Å². The number of carbonyl (C=O) groups excluding carboxylic acids is 1. The highest BCUT2D eigenvalue weighted by Gasteiger charge is 2.23. The Hall–Kier alpha value is -2.73. The molecule has 0 saturated carbocycles. The molecule has 0 spiro atoms. The molecule has 6 heteroatoms. The summed E-state index contributed by atoms with van der Waals surface area (Å²) in [5.74, 6) is -0.384. The molecule has 1 aliphatic rings. The number of H-pyrrole nitrogens is 1. The number of nitrogens with one attached hydrogen (secondary N) is 1. The van der Waals surface area contributed by atoms with Gasteiger partial charge in [-0.15, -0.1) is 0 Å². The number of fused-ring (bicyclic) bond motifs is 1. The lowest BCUT2D eigenvalue weighted by Crippen LogP contribution is -2.48. The lowest BCUT2D eigenvalue weighted by molar-refractivity contribution is 0.0623. The van der Waals surface area contributed by atoms with E-state index >= 15 is 0 Å². The predicted octanol–water partition coefficient (Wildman–Crippen LogP) is 2.66. The lowest BCUT2D eigenvalue weighted by Gasteiger charge is -2.34. The van der Waals surface area contributed by atoms with Crippen molar-refractivity contribution in [2.24, 2.45) is 0 Å². The minimum Gasteiger partial charge on any atom is -0.350 e. The van der Waals surface area contributed by atoms with Gasteiger partial charge >= 0.3 is 0 Å². The molecular weight excluding hydrogens is 319 g/mol. The van der Waals surface area contributed by atoms with Crippen LogP contribution in [0.3, 0.4) is 0 Å². The molecule has 3 heterocycles. The molecule has 1 aliphatic heterocycles. The third kappa shape index (κ3) is 3.25. The minimum atomic E-state index is -0.311. The molecule has 0 atom stereocenters. The number of benzene rings is 1. The van der Waals surface area contributed by atoms with Gasteiger partial charge in [0.15, 0.2) is 0 Å². The van der Waals surface area contributed by atoms with Crippen molar-refractivity contribution in [1.82, 2.24) is 19.8 Å². The number of hydrogen-bond donors (Lipinski definition) is 1. The van der Waals surface area contributed by atoms with E-state index in [1.165, 1.54) is 11.6 Å². The number of carbonyl (C=O) groups is 1. The van der Waals surface area contributed by atoms with Crippen LogP contribution in [0.15, 0.2) is 48.8 Å². The van der Waals surface area contributed by atoms with Crippen LogP contribution in [-0.4, -0.2) is 51.9 Å². The molecule has 0 bridgehead atoms. The standard InChI is InChI=1S/C19H19FN4O/c20-16-4-1-5-17-15(16)11-18(22-17)19(25)24-9-7-23(8-10-24)13-14-3-2-6-21-12-14/h1-6,11-12,22H,7-10,13H2. The first-order chi connectivity index (χ1) is 12.2. The van der Waals surface area contributed by atoms with Crippen molar-refractivity contribution in [3.05, 3.63) is 65.9 Å². The molecular formula is C19H19FN4O. The largest absolute Gasteiger partial charge is 0.350 e. The Balaban J connectivity index is 1.41. The van der Waals surface area contributed by atoms with E-state index < -0.39 is 0 Å². The van der Waals surface area contributed by atoms with E-state index in [0.717, 1.165) is 19.6 Å². The van der Waals surface area contributed by atoms with E-state index in [0.29, 0.717) is 29.7 Å². The molecule has 25 heavy (non-hydrogen) atoms. The van der Waals surface area contributed by atoms with Gasteiger partial charge in [0.05, 0.1) is 0 Å². The molecule has 0 unspecified atom stereocenters. The highest BCUT2D eigenvalue weighted by molar-refractivity contribution is 5.98. The molecule has 1 aromatic carbocycles. The fraction of sp³-hybridized carbons (Fsp3) is 0.263. The number of hydrogen-bond acceptors (Lipinski definition) is 3. The second kappa shape index (κ2) is 6.64. The first-order valence-corrected chi connectivity index (χ1v) is 8.38. The van der Waals surface area contributed by atoms with Gasteiger partial charge in [-0.25, -0.2) is 4.39 Å². The smallest absolute Gasteiger partial charge is 0.270 e. The van der Waals surface area contributed by atoms with E-state index in [4.69, 9.17) is 0 Å². The molecule has 5 nitrogen and oxygen atoms in total. The Morgan fingerprint density at radius 3 is 2.72 bits per heavy atom. The van der Waals surface area contributed by atoms with Crippen molar-refractivity contribution in [3.8, 4) is 0 Å². The van der Waals surface area contributed by atoms with E-state index in [1.807, 2.05) is 17.2 Å². The third-order valence-corrected chi connectivity index (χ3v) is 4.63. The first-order valence-electron chi connectivity index (χ1n) is 8.38. The second-order valence-electron chi connectivity index (χ2n) is 6.31. The maximum absolute atomic E-state index is 13.8. The molecule has 1 amide bonds. The number of piperazine rings is 1. The maximum atomic E-state index is 13.8. The third-order valence-electron chi connectivity index (χ3n) is 4.63. The number of aromatic amines is 1. The Morgan fingerprint density at radius 1 is 1.16 bits per heavy atom. The van der Waals surface area contributed by atoms with Crippen molar-refractivity contribution < 1.29 is 9.18 Å².